The molecule has 1 amide bonds. The Hall–Kier alpha value is -4.61. The number of carbonyl (C=O) groups excluding carboxylic acids is 1. The zero-order chi connectivity index (χ0) is 24.5. The van der Waals surface area contributed by atoms with Gasteiger partial charge in [-0.2, -0.15) is 0 Å². The van der Waals surface area contributed by atoms with Crippen LogP contribution in [0.4, 0.5) is 5.69 Å². The van der Waals surface area contributed by atoms with Gasteiger partial charge in [-0.25, -0.2) is 4.98 Å². The van der Waals surface area contributed by atoms with Gasteiger partial charge in [-0.15, -0.1) is 0 Å². The zero-order valence-electron chi connectivity index (χ0n) is 18.9. The van der Waals surface area contributed by atoms with Crippen molar-refractivity contribution in [3.05, 3.63) is 120 Å². The molecular weight excluding hydrogens is 472 g/mol. The Balaban J connectivity index is 1.20. The molecule has 1 N–H and O–H groups in total. The third kappa shape index (κ3) is 4.40. The van der Waals surface area contributed by atoms with Gasteiger partial charge in [0.2, 0.25) is 5.89 Å². The van der Waals surface area contributed by atoms with Crippen molar-refractivity contribution in [3.8, 4) is 33.9 Å². The fourth-order valence-corrected chi connectivity index (χ4v) is 4.20. The average molecular weight is 491 g/mol. The van der Waals surface area contributed by atoms with E-state index in [1.807, 2.05) is 54.6 Å². The summed E-state index contributed by atoms with van der Waals surface area (Å²) in [6.45, 7) is 0. The molecule has 0 saturated carbocycles. The van der Waals surface area contributed by atoms with E-state index in [1.54, 1.807) is 42.5 Å². The van der Waals surface area contributed by atoms with Crippen LogP contribution in [-0.2, 0) is 0 Å². The first-order chi connectivity index (χ1) is 17.6. The van der Waals surface area contributed by atoms with Crippen molar-refractivity contribution in [1.82, 2.24) is 4.98 Å². The van der Waals surface area contributed by atoms with Crippen LogP contribution in [0, 0.1) is 0 Å². The van der Waals surface area contributed by atoms with Crippen molar-refractivity contribution >= 4 is 34.3 Å². The molecule has 0 saturated heterocycles. The van der Waals surface area contributed by atoms with Crippen LogP contribution in [0.5, 0.6) is 0 Å². The number of aromatic nitrogens is 1. The second-order valence-electron chi connectivity index (χ2n) is 8.27. The molecule has 0 radical (unpaired) electrons. The second kappa shape index (κ2) is 9.21. The molecule has 0 fully saturated rings. The van der Waals surface area contributed by atoms with Crippen molar-refractivity contribution in [1.29, 1.82) is 0 Å². The summed E-state index contributed by atoms with van der Waals surface area (Å²) in [5.74, 6) is 0.926. The van der Waals surface area contributed by atoms with E-state index >= 15 is 0 Å². The summed E-state index contributed by atoms with van der Waals surface area (Å²) in [4.78, 5) is 17.4. The maximum Gasteiger partial charge on any atom is 0.291 e. The van der Waals surface area contributed by atoms with Gasteiger partial charge in [-0.1, -0.05) is 66.2 Å². The van der Waals surface area contributed by atoms with Crippen LogP contribution < -0.4 is 5.32 Å². The predicted molar refractivity (Wildman–Crippen MR) is 142 cm³/mol. The van der Waals surface area contributed by atoms with Crippen LogP contribution in [0.1, 0.15) is 10.6 Å². The average Bonchev–Trinajstić information content (AvgIpc) is 3.57. The first-order valence-corrected chi connectivity index (χ1v) is 11.7. The van der Waals surface area contributed by atoms with Crippen LogP contribution in [0.25, 0.3) is 45.0 Å². The van der Waals surface area contributed by atoms with Crippen molar-refractivity contribution in [2.24, 2.45) is 0 Å². The van der Waals surface area contributed by atoms with Crippen molar-refractivity contribution in [2.75, 3.05) is 5.32 Å². The number of halogens is 1. The Bertz CT molecular complexity index is 1690. The molecule has 4 aromatic carbocycles. The molecule has 6 heteroatoms. The smallest absolute Gasteiger partial charge is 0.291 e. The Kier molecular flexibility index (Phi) is 5.60. The largest absolute Gasteiger partial charge is 0.451 e. The first kappa shape index (κ1) is 21.9. The van der Waals surface area contributed by atoms with Crippen LogP contribution in [0.15, 0.2) is 118 Å². The number of oxazole rings is 1. The van der Waals surface area contributed by atoms with Gasteiger partial charge in [0.15, 0.2) is 11.3 Å². The number of carbonyl (C=O) groups is 1. The van der Waals surface area contributed by atoms with Crippen molar-refractivity contribution < 1.29 is 13.6 Å². The van der Waals surface area contributed by atoms with E-state index in [-0.39, 0.29) is 11.7 Å². The maximum atomic E-state index is 12.8. The van der Waals surface area contributed by atoms with Gasteiger partial charge >= 0.3 is 0 Å². The summed E-state index contributed by atoms with van der Waals surface area (Å²) in [5.41, 5.74) is 5.82. The molecule has 6 rings (SSSR count). The minimum absolute atomic E-state index is 0.199. The van der Waals surface area contributed by atoms with Crippen LogP contribution in [-0.4, -0.2) is 10.9 Å². The Morgan fingerprint density at radius 1 is 0.694 bits per heavy atom. The Labute approximate surface area is 212 Å². The van der Waals surface area contributed by atoms with E-state index in [1.165, 1.54) is 0 Å². The third-order valence-electron chi connectivity index (χ3n) is 5.82. The van der Waals surface area contributed by atoms with E-state index in [9.17, 15) is 4.79 Å². The molecule has 0 spiro atoms. The van der Waals surface area contributed by atoms with Crippen molar-refractivity contribution in [2.45, 2.75) is 0 Å². The van der Waals surface area contributed by atoms with Gasteiger partial charge in [0.1, 0.15) is 11.3 Å². The SMILES string of the molecule is O=C(Nc1ccc2oc(-c3ccc(-c4ccccc4)cc3)nc2c1)c1ccc(-c2cccc(Cl)c2)o1. The van der Waals surface area contributed by atoms with Crippen LogP contribution in [0.2, 0.25) is 5.02 Å². The number of furan rings is 1. The monoisotopic (exact) mass is 490 g/mol. The highest BCUT2D eigenvalue weighted by Crippen LogP contribution is 2.29. The molecule has 174 valence electrons. The highest BCUT2D eigenvalue weighted by molar-refractivity contribution is 6.30. The summed E-state index contributed by atoms with van der Waals surface area (Å²) in [7, 11) is 0. The number of hydrogen-bond acceptors (Lipinski definition) is 4. The van der Waals surface area contributed by atoms with Gasteiger partial charge < -0.3 is 14.2 Å². The molecule has 2 aromatic heterocycles. The predicted octanol–water partition coefficient (Wildman–Crippen LogP) is 8.33. The number of nitrogens with zero attached hydrogens (tertiary/aromatic N) is 1. The normalized spacial score (nSPS) is 11.0. The maximum absolute atomic E-state index is 12.8. The standard InChI is InChI=1S/C30H19ClN2O3/c31-23-8-4-7-22(17-23)26-15-16-28(35-26)29(34)32-24-13-14-27-25(18-24)33-30(36-27)21-11-9-20(10-12-21)19-5-2-1-3-6-19/h1-18H,(H,32,34). The number of amides is 1. The van der Waals surface area contributed by atoms with E-state index in [4.69, 9.17) is 20.4 Å². The van der Waals surface area contributed by atoms with Gasteiger partial charge in [0.25, 0.3) is 5.91 Å². The van der Waals surface area contributed by atoms with Crippen LogP contribution >= 0.6 is 11.6 Å². The topological polar surface area (TPSA) is 68.3 Å². The number of fused-ring (bicyclic) bond motifs is 1. The molecule has 6 aromatic rings. The van der Waals surface area contributed by atoms with Gasteiger partial charge in [0, 0.05) is 21.8 Å². The van der Waals surface area contributed by atoms with E-state index in [2.05, 4.69) is 22.4 Å². The van der Waals surface area contributed by atoms with Crippen molar-refractivity contribution in [3.63, 3.8) is 0 Å². The molecule has 5 nitrogen and oxygen atoms in total. The fourth-order valence-electron chi connectivity index (χ4n) is 4.01. The molecule has 0 aliphatic rings. The zero-order valence-corrected chi connectivity index (χ0v) is 19.7. The summed E-state index contributed by atoms with van der Waals surface area (Å²) in [6.07, 6.45) is 0. The lowest BCUT2D eigenvalue weighted by Crippen LogP contribution is -2.10. The minimum Gasteiger partial charge on any atom is -0.451 e. The molecule has 2 heterocycles. The lowest BCUT2D eigenvalue weighted by atomic mass is 10.0. The molecule has 36 heavy (non-hydrogen) atoms. The van der Waals surface area contributed by atoms with E-state index in [0.29, 0.717) is 33.5 Å². The van der Waals surface area contributed by atoms with Gasteiger partial charge in [-0.3, -0.25) is 4.79 Å². The fraction of sp³-hybridized carbons (Fsp3) is 0. The second-order valence-corrected chi connectivity index (χ2v) is 8.71. The highest BCUT2D eigenvalue weighted by atomic mass is 35.5. The quantitative estimate of drug-likeness (QED) is 0.264. The number of nitrogens with one attached hydrogen (secondary N) is 1. The first-order valence-electron chi connectivity index (χ1n) is 11.4. The molecular formula is C30H19ClN2O3. The molecule has 0 aliphatic carbocycles. The Morgan fingerprint density at radius 3 is 2.25 bits per heavy atom. The number of benzene rings is 4. The van der Waals surface area contributed by atoms with Gasteiger partial charge in [-0.05, 0) is 65.7 Å². The lowest BCUT2D eigenvalue weighted by Gasteiger charge is -2.03. The third-order valence-corrected chi connectivity index (χ3v) is 6.06. The van der Waals surface area contributed by atoms with E-state index < -0.39 is 0 Å². The minimum atomic E-state index is -0.358. The van der Waals surface area contributed by atoms with Crippen LogP contribution in [0.3, 0.4) is 0 Å². The number of rotatable bonds is 5. The summed E-state index contributed by atoms with van der Waals surface area (Å²) in [6, 6.07) is 34.3. The Morgan fingerprint density at radius 2 is 1.44 bits per heavy atom. The molecule has 0 bridgehead atoms. The summed E-state index contributed by atoms with van der Waals surface area (Å²) in [5, 5.41) is 3.46. The van der Waals surface area contributed by atoms with E-state index in [0.717, 1.165) is 22.3 Å². The summed E-state index contributed by atoms with van der Waals surface area (Å²) >= 11 is 6.06. The molecule has 0 aliphatic heterocycles. The highest BCUT2D eigenvalue weighted by Gasteiger charge is 2.15. The summed E-state index contributed by atoms with van der Waals surface area (Å²) < 4.78 is 11.7. The number of hydrogen-bond donors (Lipinski definition) is 1. The molecule has 0 unspecified atom stereocenters. The van der Waals surface area contributed by atoms with Gasteiger partial charge in [0.05, 0.1) is 0 Å². The lowest BCUT2D eigenvalue weighted by molar-refractivity contribution is 0.0997. The number of anilines is 1. The molecule has 0 atom stereocenters.